The molecule has 96 valence electrons. The van der Waals surface area contributed by atoms with E-state index in [1.807, 2.05) is 25.1 Å². The third kappa shape index (κ3) is 3.86. The van der Waals surface area contributed by atoms with Gasteiger partial charge in [-0.3, -0.25) is 0 Å². The second kappa shape index (κ2) is 5.23. The maximum Gasteiger partial charge on any atom is 0.192 e. The Labute approximate surface area is 106 Å². The van der Waals surface area contributed by atoms with Gasteiger partial charge < -0.3 is 8.84 Å². The second-order valence-electron chi connectivity index (χ2n) is 5.94. The Kier molecular flexibility index (Phi) is 4.39. The zero-order valence-electron chi connectivity index (χ0n) is 11.8. The monoisotopic (exact) mass is 252 g/mol. The second-order valence-corrected chi connectivity index (χ2v) is 10.8. The van der Waals surface area contributed by atoms with E-state index in [1.165, 1.54) is 0 Å². The molecule has 1 aromatic rings. The highest BCUT2D eigenvalue weighted by atomic mass is 28.4. The summed E-state index contributed by atoms with van der Waals surface area (Å²) in [6, 6.07) is 1.97. The zero-order chi connectivity index (χ0) is 13.1. The lowest BCUT2D eigenvalue weighted by molar-refractivity contribution is 0.328. The first kappa shape index (κ1) is 14.3. The van der Waals surface area contributed by atoms with Crippen molar-refractivity contribution < 1.29 is 8.84 Å². The molecule has 1 aromatic heterocycles. The summed E-state index contributed by atoms with van der Waals surface area (Å²) in [4.78, 5) is 0. The van der Waals surface area contributed by atoms with Crippen LogP contribution in [-0.4, -0.2) is 14.9 Å². The van der Waals surface area contributed by atoms with Gasteiger partial charge in [-0.2, -0.15) is 0 Å². The van der Waals surface area contributed by atoms with Crippen LogP contribution >= 0.6 is 0 Å². The van der Waals surface area contributed by atoms with Crippen LogP contribution in [0.4, 0.5) is 0 Å². The van der Waals surface area contributed by atoms with Crippen molar-refractivity contribution in [2.75, 3.05) is 6.61 Å². The predicted octanol–water partition coefficient (Wildman–Crippen LogP) is 4.62. The van der Waals surface area contributed by atoms with Crippen molar-refractivity contribution in [2.24, 2.45) is 0 Å². The van der Waals surface area contributed by atoms with Crippen LogP contribution in [0.25, 0.3) is 6.08 Å². The Hall–Kier alpha value is -0.803. The van der Waals surface area contributed by atoms with E-state index in [9.17, 15) is 0 Å². The first-order chi connectivity index (χ1) is 7.74. The van der Waals surface area contributed by atoms with Crippen LogP contribution in [0.3, 0.4) is 0 Å². The minimum atomic E-state index is -1.62. The lowest BCUT2D eigenvalue weighted by Crippen LogP contribution is -2.40. The summed E-state index contributed by atoms with van der Waals surface area (Å²) in [5, 5.41) is 0.265. The van der Waals surface area contributed by atoms with E-state index < -0.39 is 8.32 Å². The lowest BCUT2D eigenvalue weighted by atomic mass is 10.2. The van der Waals surface area contributed by atoms with Gasteiger partial charge in [-0.25, -0.2) is 0 Å². The van der Waals surface area contributed by atoms with Crippen molar-refractivity contribution >= 4 is 14.4 Å². The van der Waals surface area contributed by atoms with Crippen molar-refractivity contribution in [1.29, 1.82) is 0 Å². The Morgan fingerprint density at radius 2 is 2.00 bits per heavy atom. The molecule has 0 atom stereocenters. The van der Waals surface area contributed by atoms with Gasteiger partial charge in [0.05, 0.1) is 12.9 Å². The molecule has 1 rings (SSSR count). The molecular weight excluding hydrogens is 228 g/mol. The fourth-order valence-corrected chi connectivity index (χ4v) is 2.13. The Morgan fingerprint density at radius 3 is 2.47 bits per heavy atom. The summed E-state index contributed by atoms with van der Waals surface area (Å²) >= 11 is 0. The summed E-state index contributed by atoms with van der Waals surface area (Å²) in [5.74, 6) is 0.920. The van der Waals surface area contributed by atoms with Crippen molar-refractivity contribution in [2.45, 2.75) is 45.8 Å². The SMILES string of the molecule is Cc1ccoc1/C=C/CO[Si](C)(C)C(C)(C)C. The third-order valence-electron chi connectivity index (χ3n) is 3.52. The predicted molar refractivity (Wildman–Crippen MR) is 75.6 cm³/mol. The van der Waals surface area contributed by atoms with E-state index in [1.54, 1.807) is 6.26 Å². The summed E-state index contributed by atoms with van der Waals surface area (Å²) in [7, 11) is -1.62. The van der Waals surface area contributed by atoms with E-state index in [4.69, 9.17) is 8.84 Å². The molecule has 0 amide bonds. The number of hydrogen-bond acceptors (Lipinski definition) is 2. The Morgan fingerprint density at radius 1 is 1.35 bits per heavy atom. The van der Waals surface area contributed by atoms with Crippen molar-refractivity contribution in [3.8, 4) is 0 Å². The summed E-state index contributed by atoms with van der Waals surface area (Å²) in [5.41, 5.74) is 1.16. The van der Waals surface area contributed by atoms with Crippen molar-refractivity contribution in [3.63, 3.8) is 0 Å². The molecule has 0 fully saturated rings. The standard InChI is InChI=1S/C14H24O2Si/c1-12-9-11-15-13(12)8-7-10-16-17(5,6)14(2,3)4/h7-9,11H,10H2,1-6H3/b8-7+. The average molecular weight is 252 g/mol. The van der Waals surface area contributed by atoms with E-state index in [2.05, 4.69) is 33.9 Å². The van der Waals surface area contributed by atoms with Gasteiger partial charge in [0.15, 0.2) is 8.32 Å². The molecule has 0 aliphatic carbocycles. The maximum atomic E-state index is 6.04. The zero-order valence-corrected chi connectivity index (χ0v) is 12.8. The normalized spacial score (nSPS) is 13.5. The fraction of sp³-hybridized carbons (Fsp3) is 0.571. The molecule has 2 nitrogen and oxygen atoms in total. The van der Waals surface area contributed by atoms with E-state index in [-0.39, 0.29) is 5.04 Å². The number of hydrogen-bond donors (Lipinski definition) is 0. The fourth-order valence-electron chi connectivity index (χ4n) is 1.18. The van der Waals surface area contributed by atoms with Crippen LogP contribution in [-0.2, 0) is 4.43 Å². The van der Waals surface area contributed by atoms with Gasteiger partial charge >= 0.3 is 0 Å². The molecule has 0 saturated carbocycles. The largest absolute Gasteiger partial charge is 0.465 e. The first-order valence-electron chi connectivity index (χ1n) is 6.08. The molecule has 0 aliphatic heterocycles. The number of furan rings is 1. The molecule has 0 aliphatic rings. The van der Waals surface area contributed by atoms with Gasteiger partial charge in [-0.15, -0.1) is 0 Å². The Balaban J connectivity index is 2.49. The maximum absolute atomic E-state index is 6.04. The van der Waals surface area contributed by atoms with Crippen LogP contribution in [0.1, 0.15) is 32.1 Å². The van der Waals surface area contributed by atoms with Crippen molar-refractivity contribution in [1.82, 2.24) is 0 Å². The molecule has 17 heavy (non-hydrogen) atoms. The smallest absolute Gasteiger partial charge is 0.192 e. The summed E-state index contributed by atoms with van der Waals surface area (Å²) in [6.07, 6.45) is 5.73. The molecule has 1 heterocycles. The van der Waals surface area contributed by atoms with Gasteiger partial charge in [0.25, 0.3) is 0 Å². The minimum Gasteiger partial charge on any atom is -0.465 e. The molecule has 0 radical (unpaired) electrons. The molecule has 0 saturated heterocycles. The lowest BCUT2D eigenvalue weighted by Gasteiger charge is -2.35. The number of rotatable bonds is 4. The number of aryl methyl sites for hydroxylation is 1. The van der Waals surface area contributed by atoms with Gasteiger partial charge in [-0.05, 0) is 42.8 Å². The van der Waals surface area contributed by atoms with Crippen LogP contribution in [0.5, 0.6) is 0 Å². The Bertz CT molecular complexity index is 383. The van der Waals surface area contributed by atoms with Crippen LogP contribution in [0.15, 0.2) is 22.8 Å². The van der Waals surface area contributed by atoms with Crippen LogP contribution in [0, 0.1) is 6.92 Å². The quantitative estimate of drug-likeness (QED) is 0.729. The van der Waals surface area contributed by atoms with Crippen molar-refractivity contribution in [3.05, 3.63) is 29.7 Å². The molecule has 0 N–H and O–H groups in total. The molecular formula is C14H24O2Si. The molecule has 0 unspecified atom stereocenters. The van der Waals surface area contributed by atoms with Gasteiger partial charge in [0.2, 0.25) is 0 Å². The van der Waals surface area contributed by atoms with Crippen LogP contribution in [0.2, 0.25) is 18.1 Å². The molecule has 0 bridgehead atoms. The minimum absolute atomic E-state index is 0.265. The highest BCUT2D eigenvalue weighted by Crippen LogP contribution is 2.36. The first-order valence-corrected chi connectivity index (χ1v) is 8.99. The van der Waals surface area contributed by atoms with Gasteiger partial charge in [0.1, 0.15) is 5.76 Å². The topological polar surface area (TPSA) is 22.4 Å². The molecule has 3 heteroatoms. The summed E-state index contributed by atoms with van der Waals surface area (Å²) in [6.45, 7) is 14.0. The molecule has 0 aromatic carbocycles. The van der Waals surface area contributed by atoms with E-state index in [0.29, 0.717) is 6.61 Å². The van der Waals surface area contributed by atoms with Gasteiger partial charge in [-0.1, -0.05) is 26.8 Å². The van der Waals surface area contributed by atoms with Crippen LogP contribution < -0.4 is 0 Å². The molecule has 0 spiro atoms. The third-order valence-corrected chi connectivity index (χ3v) is 8.02. The highest BCUT2D eigenvalue weighted by molar-refractivity contribution is 6.74. The van der Waals surface area contributed by atoms with E-state index in [0.717, 1.165) is 11.3 Å². The average Bonchev–Trinajstić information content (AvgIpc) is 2.57. The highest BCUT2D eigenvalue weighted by Gasteiger charge is 2.36. The van der Waals surface area contributed by atoms with Gasteiger partial charge in [0, 0.05) is 0 Å². The van der Waals surface area contributed by atoms with E-state index >= 15 is 0 Å². The summed E-state index contributed by atoms with van der Waals surface area (Å²) < 4.78 is 11.4.